The van der Waals surface area contributed by atoms with Crippen molar-refractivity contribution < 1.29 is 19.1 Å². The number of carbonyl (C=O) groups excluding carboxylic acids is 3. The van der Waals surface area contributed by atoms with Gasteiger partial charge in [-0.3, -0.25) is 10.1 Å². The molecule has 0 radical (unpaired) electrons. The predicted molar refractivity (Wildman–Crippen MR) is 46.5 cm³/mol. The van der Waals surface area contributed by atoms with Crippen molar-refractivity contribution >= 4 is 18.0 Å². The van der Waals surface area contributed by atoms with Gasteiger partial charge < -0.3 is 4.74 Å². The van der Waals surface area contributed by atoms with Gasteiger partial charge in [0.05, 0.1) is 6.61 Å². The first kappa shape index (κ1) is 10.5. The van der Waals surface area contributed by atoms with Crippen LogP contribution in [0.25, 0.3) is 0 Å². The van der Waals surface area contributed by atoms with Crippen LogP contribution in [-0.2, 0) is 9.53 Å². The molecule has 0 atom stereocenters. The summed E-state index contributed by atoms with van der Waals surface area (Å²) in [7, 11) is 0. The van der Waals surface area contributed by atoms with Gasteiger partial charge in [-0.05, 0) is 6.42 Å². The minimum atomic E-state index is -0.762. The van der Waals surface area contributed by atoms with E-state index in [1.165, 1.54) is 0 Å². The molecule has 0 saturated carbocycles. The van der Waals surface area contributed by atoms with Gasteiger partial charge >= 0.3 is 12.1 Å². The van der Waals surface area contributed by atoms with Gasteiger partial charge in [-0.25, -0.2) is 14.5 Å². The molecule has 1 N–H and O–H groups in total. The number of carbonyl (C=O) groups is 3. The van der Waals surface area contributed by atoms with Crippen molar-refractivity contribution in [2.24, 2.45) is 0 Å². The van der Waals surface area contributed by atoms with Gasteiger partial charge in [-0.15, -0.1) is 0 Å². The number of urea groups is 1. The summed E-state index contributed by atoms with van der Waals surface area (Å²) in [6, 6.07) is -0.712. The normalized spacial score (nSPS) is 15.6. The Morgan fingerprint density at radius 2 is 2.29 bits per heavy atom. The maximum absolute atomic E-state index is 11.2. The predicted octanol–water partition coefficient (Wildman–Crippen LogP) is 0.475. The molecule has 1 saturated heterocycles. The van der Waals surface area contributed by atoms with Crippen LogP contribution < -0.4 is 5.32 Å². The molecule has 4 amide bonds. The van der Waals surface area contributed by atoms with E-state index in [0.717, 1.165) is 17.7 Å². The molecule has 78 valence electrons. The molecular weight excluding hydrogens is 188 g/mol. The summed E-state index contributed by atoms with van der Waals surface area (Å²) in [5.41, 5.74) is 0. The Morgan fingerprint density at radius 3 is 2.79 bits per heavy atom. The Labute approximate surface area is 81.2 Å². The molecule has 1 heterocycles. The number of ether oxygens (including phenoxy) is 1. The third-order valence-corrected chi connectivity index (χ3v) is 1.74. The zero-order valence-corrected chi connectivity index (χ0v) is 7.91. The van der Waals surface area contributed by atoms with Crippen LogP contribution in [0.2, 0.25) is 0 Å². The molecule has 0 aromatic carbocycles. The second-order valence-electron chi connectivity index (χ2n) is 2.91. The maximum Gasteiger partial charge on any atom is 0.418 e. The minimum absolute atomic E-state index is 0.246. The average Bonchev–Trinajstić information content (AvgIpc) is 2.45. The third kappa shape index (κ3) is 2.45. The third-order valence-electron chi connectivity index (χ3n) is 1.74. The van der Waals surface area contributed by atoms with Gasteiger partial charge in [0.2, 0.25) is 5.91 Å². The highest BCUT2D eigenvalue weighted by Crippen LogP contribution is 2.02. The van der Waals surface area contributed by atoms with Crippen molar-refractivity contribution in [3.8, 4) is 0 Å². The molecule has 6 heteroatoms. The number of hydrogen-bond acceptors (Lipinski definition) is 4. The molecule has 0 spiro atoms. The number of rotatable bonds is 3. The van der Waals surface area contributed by atoms with E-state index >= 15 is 0 Å². The molecule has 1 fully saturated rings. The van der Waals surface area contributed by atoms with Gasteiger partial charge in [-0.1, -0.05) is 13.3 Å². The van der Waals surface area contributed by atoms with Crippen LogP contribution in [0.4, 0.5) is 9.59 Å². The summed E-state index contributed by atoms with van der Waals surface area (Å²) in [4.78, 5) is 33.6. The lowest BCUT2D eigenvalue weighted by Crippen LogP contribution is -2.34. The van der Waals surface area contributed by atoms with E-state index < -0.39 is 18.0 Å². The molecule has 1 aliphatic heterocycles. The Morgan fingerprint density at radius 1 is 1.57 bits per heavy atom. The Hall–Kier alpha value is -1.59. The summed E-state index contributed by atoms with van der Waals surface area (Å²) in [6.07, 6.45) is 0.884. The molecule has 0 unspecified atom stereocenters. The quantitative estimate of drug-likeness (QED) is 0.531. The first-order valence-corrected chi connectivity index (χ1v) is 4.43. The average molecular weight is 200 g/mol. The van der Waals surface area contributed by atoms with Crippen LogP contribution in [0.5, 0.6) is 0 Å². The fourth-order valence-electron chi connectivity index (χ4n) is 0.971. The van der Waals surface area contributed by atoms with Crippen molar-refractivity contribution in [1.82, 2.24) is 10.2 Å². The molecule has 6 nitrogen and oxygen atoms in total. The molecule has 0 bridgehead atoms. The summed E-state index contributed by atoms with van der Waals surface area (Å²) in [5, 5.41) is 1.99. The van der Waals surface area contributed by atoms with E-state index in [4.69, 9.17) is 4.74 Å². The van der Waals surface area contributed by atoms with Crippen molar-refractivity contribution in [2.45, 2.75) is 19.8 Å². The first-order chi connectivity index (χ1) is 6.65. The molecular formula is C8H12N2O4. The molecule has 1 rings (SSSR count). The Bertz CT molecular complexity index is 264. The maximum atomic E-state index is 11.2. The zero-order valence-electron chi connectivity index (χ0n) is 7.91. The second kappa shape index (κ2) is 4.59. The van der Waals surface area contributed by atoms with Gasteiger partial charge in [0.25, 0.3) is 0 Å². The lowest BCUT2D eigenvalue weighted by Gasteiger charge is -2.10. The van der Waals surface area contributed by atoms with Crippen LogP contribution >= 0.6 is 0 Å². The standard InChI is InChI=1S/C8H12N2O4/c1-2-3-4-14-8(13)10-5-6(11)9-7(10)12/h2-5H2,1H3,(H,9,11,12). The smallest absolute Gasteiger partial charge is 0.418 e. The molecule has 1 aliphatic rings. The lowest BCUT2D eigenvalue weighted by molar-refractivity contribution is -0.118. The van der Waals surface area contributed by atoms with E-state index in [1.54, 1.807) is 0 Å². The first-order valence-electron chi connectivity index (χ1n) is 4.43. The van der Waals surface area contributed by atoms with E-state index in [2.05, 4.69) is 0 Å². The number of nitrogens with one attached hydrogen (secondary N) is 1. The van der Waals surface area contributed by atoms with E-state index in [-0.39, 0.29) is 13.2 Å². The van der Waals surface area contributed by atoms with E-state index in [1.807, 2.05) is 12.2 Å². The van der Waals surface area contributed by atoms with Crippen molar-refractivity contribution in [1.29, 1.82) is 0 Å². The van der Waals surface area contributed by atoms with Gasteiger partial charge in [0.1, 0.15) is 6.54 Å². The largest absolute Gasteiger partial charge is 0.449 e. The van der Waals surface area contributed by atoms with Gasteiger partial charge in [0, 0.05) is 0 Å². The van der Waals surface area contributed by atoms with E-state index in [9.17, 15) is 14.4 Å². The molecule has 0 aliphatic carbocycles. The second-order valence-corrected chi connectivity index (χ2v) is 2.91. The van der Waals surface area contributed by atoms with Crippen molar-refractivity contribution in [2.75, 3.05) is 13.2 Å². The van der Waals surface area contributed by atoms with Crippen LogP contribution in [-0.4, -0.2) is 36.1 Å². The highest BCUT2D eigenvalue weighted by Gasteiger charge is 2.32. The summed E-state index contributed by atoms with van der Waals surface area (Å²) >= 11 is 0. The molecule has 0 aromatic rings. The summed E-state index contributed by atoms with van der Waals surface area (Å²) < 4.78 is 4.76. The summed E-state index contributed by atoms with van der Waals surface area (Å²) in [5.74, 6) is -0.484. The highest BCUT2D eigenvalue weighted by atomic mass is 16.6. The minimum Gasteiger partial charge on any atom is -0.449 e. The topological polar surface area (TPSA) is 75.7 Å². The highest BCUT2D eigenvalue weighted by molar-refractivity contribution is 6.08. The monoisotopic (exact) mass is 200 g/mol. The molecule has 0 aromatic heterocycles. The fourth-order valence-corrected chi connectivity index (χ4v) is 0.971. The number of amides is 4. The van der Waals surface area contributed by atoms with Crippen LogP contribution in [0.15, 0.2) is 0 Å². The van der Waals surface area contributed by atoms with Gasteiger partial charge in [0.15, 0.2) is 0 Å². The number of imide groups is 2. The Balaban J connectivity index is 2.37. The van der Waals surface area contributed by atoms with Crippen LogP contribution in [0.3, 0.4) is 0 Å². The number of unbranched alkanes of at least 4 members (excludes halogenated alkanes) is 1. The number of hydrogen-bond donors (Lipinski definition) is 1. The summed E-state index contributed by atoms with van der Waals surface area (Å²) in [6.45, 7) is 1.98. The number of nitrogens with zero attached hydrogens (tertiary/aromatic N) is 1. The zero-order chi connectivity index (χ0) is 10.6. The SMILES string of the molecule is CCCCOC(=O)N1CC(=O)NC1=O. The molecule has 14 heavy (non-hydrogen) atoms. The van der Waals surface area contributed by atoms with Crippen LogP contribution in [0, 0.1) is 0 Å². The van der Waals surface area contributed by atoms with Crippen molar-refractivity contribution in [3.05, 3.63) is 0 Å². The lowest BCUT2D eigenvalue weighted by atomic mass is 10.4. The Kier molecular flexibility index (Phi) is 3.44. The van der Waals surface area contributed by atoms with Crippen molar-refractivity contribution in [3.63, 3.8) is 0 Å². The van der Waals surface area contributed by atoms with E-state index in [0.29, 0.717) is 0 Å². The van der Waals surface area contributed by atoms with Crippen LogP contribution in [0.1, 0.15) is 19.8 Å². The fraction of sp³-hybridized carbons (Fsp3) is 0.625. The van der Waals surface area contributed by atoms with Gasteiger partial charge in [-0.2, -0.15) is 0 Å².